The van der Waals surface area contributed by atoms with E-state index >= 15 is 0 Å². The van der Waals surface area contributed by atoms with Crippen molar-refractivity contribution in [2.75, 3.05) is 13.7 Å². The van der Waals surface area contributed by atoms with Crippen LogP contribution in [-0.2, 0) is 4.79 Å². The number of imide groups is 1. The van der Waals surface area contributed by atoms with Gasteiger partial charge in [-0.05, 0) is 42.0 Å². The zero-order valence-corrected chi connectivity index (χ0v) is 14.7. The van der Waals surface area contributed by atoms with Crippen molar-refractivity contribution in [3.05, 3.63) is 27.1 Å². The Balaban J connectivity index is 2.30. The summed E-state index contributed by atoms with van der Waals surface area (Å²) in [5.41, 5.74) is 0.663. The second-order valence-corrected chi connectivity index (χ2v) is 6.58. The van der Waals surface area contributed by atoms with Crippen LogP contribution in [-0.4, -0.2) is 34.8 Å². The van der Waals surface area contributed by atoms with Gasteiger partial charge in [0.2, 0.25) is 0 Å². The van der Waals surface area contributed by atoms with Crippen LogP contribution >= 0.6 is 27.7 Å². The molecular weight excluding hydrogens is 370 g/mol. The molecule has 1 N–H and O–H groups in total. The van der Waals surface area contributed by atoms with E-state index in [-0.39, 0.29) is 16.9 Å². The van der Waals surface area contributed by atoms with Gasteiger partial charge in [-0.3, -0.25) is 14.5 Å². The number of carbonyl (C=O) groups excluding carboxylic acids is 2. The number of nitrogens with zero attached hydrogens (tertiary/aromatic N) is 1. The van der Waals surface area contributed by atoms with Gasteiger partial charge >= 0.3 is 0 Å². The molecule has 118 valence electrons. The van der Waals surface area contributed by atoms with Crippen molar-refractivity contribution < 1.29 is 19.4 Å². The number of amides is 2. The Bertz CT molecular complexity index is 645. The van der Waals surface area contributed by atoms with Crippen LogP contribution in [0.4, 0.5) is 4.79 Å². The van der Waals surface area contributed by atoms with E-state index < -0.39 is 0 Å². The van der Waals surface area contributed by atoms with Crippen molar-refractivity contribution >= 4 is 44.9 Å². The van der Waals surface area contributed by atoms with Gasteiger partial charge < -0.3 is 9.84 Å². The lowest BCUT2D eigenvalue weighted by atomic mass is 10.2. The molecule has 0 atom stereocenters. The van der Waals surface area contributed by atoms with Crippen LogP contribution in [0.2, 0.25) is 0 Å². The molecule has 22 heavy (non-hydrogen) atoms. The maximum Gasteiger partial charge on any atom is 0.293 e. The van der Waals surface area contributed by atoms with Crippen molar-refractivity contribution in [2.24, 2.45) is 0 Å². The van der Waals surface area contributed by atoms with Gasteiger partial charge in [0.1, 0.15) is 0 Å². The Morgan fingerprint density at radius 1 is 1.41 bits per heavy atom. The highest BCUT2D eigenvalue weighted by atomic mass is 79.9. The second kappa shape index (κ2) is 7.19. The maximum absolute atomic E-state index is 12.3. The van der Waals surface area contributed by atoms with Crippen LogP contribution in [0.1, 0.15) is 25.3 Å². The van der Waals surface area contributed by atoms with Crippen molar-refractivity contribution in [2.45, 2.75) is 19.8 Å². The lowest BCUT2D eigenvalue weighted by molar-refractivity contribution is -0.122. The van der Waals surface area contributed by atoms with E-state index in [1.807, 2.05) is 6.92 Å². The van der Waals surface area contributed by atoms with Gasteiger partial charge in [0.15, 0.2) is 11.5 Å². The van der Waals surface area contributed by atoms with Gasteiger partial charge in [-0.25, -0.2) is 0 Å². The maximum atomic E-state index is 12.3. The van der Waals surface area contributed by atoms with Gasteiger partial charge in [0.25, 0.3) is 11.1 Å². The molecule has 1 heterocycles. The molecule has 0 aromatic heterocycles. The first kappa shape index (κ1) is 16.9. The molecule has 5 nitrogen and oxygen atoms in total. The SMILES string of the molecule is CCCCN1C(=O)S/C(=C\c2cc(OC)c(O)cc2Br)C1=O. The van der Waals surface area contributed by atoms with Crippen LogP contribution in [0.5, 0.6) is 11.5 Å². The van der Waals surface area contributed by atoms with Gasteiger partial charge in [-0.15, -0.1) is 0 Å². The number of ether oxygens (including phenoxy) is 1. The highest BCUT2D eigenvalue weighted by Gasteiger charge is 2.34. The molecule has 7 heteroatoms. The summed E-state index contributed by atoms with van der Waals surface area (Å²) in [5, 5.41) is 9.46. The first-order valence-corrected chi connectivity index (χ1v) is 8.40. The monoisotopic (exact) mass is 385 g/mol. The molecule has 0 radical (unpaired) electrons. The summed E-state index contributed by atoms with van der Waals surface area (Å²) in [6.45, 7) is 2.45. The lowest BCUT2D eigenvalue weighted by Gasteiger charge is -2.11. The Morgan fingerprint density at radius 3 is 2.77 bits per heavy atom. The van der Waals surface area contributed by atoms with Crippen molar-refractivity contribution in [3.8, 4) is 11.5 Å². The molecule has 0 aliphatic carbocycles. The number of phenolic OH excluding ortho intramolecular Hbond substituents is 1. The minimum absolute atomic E-state index is 0.00238. The van der Waals surface area contributed by atoms with Crippen LogP contribution in [0.3, 0.4) is 0 Å². The van der Waals surface area contributed by atoms with Crippen molar-refractivity contribution in [3.63, 3.8) is 0 Å². The molecule has 1 aliphatic heterocycles. The van der Waals surface area contributed by atoms with E-state index in [4.69, 9.17) is 4.74 Å². The van der Waals surface area contributed by atoms with E-state index in [1.165, 1.54) is 18.1 Å². The number of methoxy groups -OCH3 is 1. The summed E-state index contributed by atoms with van der Waals surface area (Å²) >= 11 is 4.26. The molecule has 1 aromatic carbocycles. The zero-order valence-electron chi connectivity index (χ0n) is 12.3. The van der Waals surface area contributed by atoms with Gasteiger partial charge in [0.05, 0.1) is 12.0 Å². The van der Waals surface area contributed by atoms with E-state index in [0.29, 0.717) is 27.2 Å². The molecule has 1 fully saturated rings. The van der Waals surface area contributed by atoms with Gasteiger partial charge in [0, 0.05) is 11.0 Å². The van der Waals surface area contributed by atoms with E-state index in [1.54, 1.807) is 12.1 Å². The molecule has 0 saturated carbocycles. The fraction of sp³-hybridized carbons (Fsp3) is 0.333. The predicted octanol–water partition coefficient (Wildman–Crippen LogP) is 4.00. The molecular formula is C15H16BrNO4S. The largest absolute Gasteiger partial charge is 0.504 e. The zero-order chi connectivity index (χ0) is 16.3. The van der Waals surface area contributed by atoms with E-state index in [9.17, 15) is 14.7 Å². The molecule has 0 unspecified atom stereocenters. The van der Waals surface area contributed by atoms with Crippen molar-refractivity contribution in [1.82, 2.24) is 4.90 Å². The number of halogens is 1. The third kappa shape index (κ3) is 3.47. The quantitative estimate of drug-likeness (QED) is 0.775. The highest BCUT2D eigenvalue weighted by molar-refractivity contribution is 9.10. The number of carbonyl (C=O) groups is 2. The summed E-state index contributed by atoms with van der Waals surface area (Å²) < 4.78 is 5.67. The third-order valence-electron chi connectivity index (χ3n) is 3.19. The summed E-state index contributed by atoms with van der Waals surface area (Å²) in [5.74, 6) is 0.0321. The Labute approximate surface area is 141 Å². The molecule has 0 spiro atoms. The number of benzene rings is 1. The number of phenols is 1. The fourth-order valence-electron chi connectivity index (χ4n) is 1.98. The Kier molecular flexibility index (Phi) is 5.52. The van der Waals surface area contributed by atoms with Crippen LogP contribution in [0.25, 0.3) is 6.08 Å². The molecule has 1 aliphatic rings. The summed E-state index contributed by atoms with van der Waals surface area (Å²) in [6, 6.07) is 3.10. The number of thioether (sulfide) groups is 1. The molecule has 2 amide bonds. The van der Waals surface area contributed by atoms with Crippen LogP contribution in [0.15, 0.2) is 21.5 Å². The summed E-state index contributed by atoms with van der Waals surface area (Å²) in [6.07, 6.45) is 3.34. The highest BCUT2D eigenvalue weighted by Crippen LogP contribution is 2.37. The number of unbranched alkanes of at least 4 members (excludes halogenated alkanes) is 1. The number of hydrogen-bond acceptors (Lipinski definition) is 5. The summed E-state index contributed by atoms with van der Waals surface area (Å²) in [4.78, 5) is 25.8. The number of hydrogen-bond donors (Lipinski definition) is 1. The average Bonchev–Trinajstić information content (AvgIpc) is 2.74. The predicted molar refractivity (Wildman–Crippen MR) is 89.9 cm³/mol. The molecule has 1 saturated heterocycles. The summed E-state index contributed by atoms with van der Waals surface area (Å²) in [7, 11) is 1.45. The smallest absolute Gasteiger partial charge is 0.293 e. The number of rotatable bonds is 5. The Hall–Kier alpha value is -1.47. The van der Waals surface area contributed by atoms with Crippen LogP contribution < -0.4 is 4.74 Å². The first-order valence-electron chi connectivity index (χ1n) is 6.79. The molecule has 2 rings (SSSR count). The second-order valence-electron chi connectivity index (χ2n) is 4.73. The van der Waals surface area contributed by atoms with Crippen LogP contribution in [0, 0.1) is 0 Å². The fourth-order valence-corrected chi connectivity index (χ4v) is 3.28. The Morgan fingerprint density at radius 2 is 2.14 bits per heavy atom. The van der Waals surface area contributed by atoms with E-state index in [2.05, 4.69) is 15.9 Å². The normalized spacial score (nSPS) is 16.7. The standard InChI is InChI=1S/C15H16BrNO4S/c1-3-4-5-17-14(19)13(22-15(17)20)7-9-6-12(21-2)11(18)8-10(9)16/h6-8,18H,3-5H2,1-2H3/b13-7-. The minimum Gasteiger partial charge on any atom is -0.504 e. The first-order chi connectivity index (χ1) is 10.5. The topological polar surface area (TPSA) is 66.8 Å². The van der Waals surface area contributed by atoms with Gasteiger partial charge in [-0.1, -0.05) is 29.3 Å². The minimum atomic E-state index is -0.276. The molecule has 0 bridgehead atoms. The molecule has 1 aromatic rings. The third-order valence-corrected chi connectivity index (χ3v) is 4.79. The van der Waals surface area contributed by atoms with Crippen molar-refractivity contribution in [1.29, 1.82) is 0 Å². The number of aromatic hydroxyl groups is 1. The van der Waals surface area contributed by atoms with E-state index in [0.717, 1.165) is 24.6 Å². The van der Waals surface area contributed by atoms with Gasteiger partial charge in [-0.2, -0.15) is 0 Å². The lowest BCUT2D eigenvalue weighted by Crippen LogP contribution is -2.29. The average molecular weight is 386 g/mol.